The van der Waals surface area contributed by atoms with Gasteiger partial charge in [0.15, 0.2) is 0 Å². The number of hydrogen-bond donors (Lipinski definition) is 1. The van der Waals surface area contributed by atoms with Gasteiger partial charge >= 0.3 is 0 Å². The molecule has 0 aromatic carbocycles. The lowest BCUT2D eigenvalue weighted by Crippen LogP contribution is -2.15. The predicted molar refractivity (Wildman–Crippen MR) is 80.0 cm³/mol. The normalized spacial score (nSPS) is 15.6. The molecule has 1 fully saturated rings. The van der Waals surface area contributed by atoms with Crippen molar-refractivity contribution in [1.82, 2.24) is 15.0 Å². The predicted octanol–water partition coefficient (Wildman–Crippen LogP) is 3.17. The minimum atomic E-state index is -0.246. The summed E-state index contributed by atoms with van der Waals surface area (Å²) >= 11 is 0. The highest BCUT2D eigenvalue weighted by molar-refractivity contribution is 6.02. The monoisotopic (exact) mass is 282 g/mol. The van der Waals surface area contributed by atoms with Crippen LogP contribution < -0.4 is 5.32 Å². The van der Waals surface area contributed by atoms with Crippen LogP contribution in [0.2, 0.25) is 0 Å². The molecule has 5 nitrogen and oxygen atoms in total. The van der Waals surface area contributed by atoms with Crippen molar-refractivity contribution in [2.24, 2.45) is 0 Å². The molecule has 0 radical (unpaired) electrons. The van der Waals surface area contributed by atoms with Crippen LogP contribution in [0.3, 0.4) is 0 Å². The Morgan fingerprint density at radius 3 is 2.48 bits per heavy atom. The fourth-order valence-electron chi connectivity index (χ4n) is 2.69. The lowest BCUT2D eigenvalue weighted by atomic mass is 9.87. The standard InChI is InChI=1S/C16H18N4O/c21-16(20-13-6-8-17-9-7-13)15-11-18-14(10-19-15)12-4-2-1-3-5-12/h6-12H,1-5H2,(H,17,20,21). The van der Waals surface area contributed by atoms with Gasteiger partial charge in [-0.05, 0) is 25.0 Å². The van der Waals surface area contributed by atoms with E-state index in [0.29, 0.717) is 17.3 Å². The zero-order valence-corrected chi connectivity index (χ0v) is 11.8. The van der Waals surface area contributed by atoms with Crippen LogP contribution in [-0.2, 0) is 0 Å². The summed E-state index contributed by atoms with van der Waals surface area (Å²) in [7, 11) is 0. The molecule has 1 amide bonds. The summed E-state index contributed by atoms with van der Waals surface area (Å²) in [6.07, 6.45) is 12.8. The van der Waals surface area contributed by atoms with E-state index in [1.54, 1.807) is 36.9 Å². The molecular weight excluding hydrogens is 264 g/mol. The lowest BCUT2D eigenvalue weighted by molar-refractivity contribution is 0.102. The molecule has 0 spiro atoms. The van der Waals surface area contributed by atoms with Crippen molar-refractivity contribution in [1.29, 1.82) is 0 Å². The van der Waals surface area contributed by atoms with E-state index in [1.807, 2.05) is 0 Å². The number of amides is 1. The van der Waals surface area contributed by atoms with Crippen molar-refractivity contribution < 1.29 is 4.79 Å². The molecular formula is C16H18N4O. The number of nitrogens with zero attached hydrogens (tertiary/aromatic N) is 3. The number of aromatic nitrogens is 3. The maximum absolute atomic E-state index is 12.1. The zero-order valence-electron chi connectivity index (χ0n) is 11.8. The van der Waals surface area contributed by atoms with Crippen molar-refractivity contribution in [2.75, 3.05) is 5.32 Å². The van der Waals surface area contributed by atoms with Crippen LogP contribution in [0.5, 0.6) is 0 Å². The van der Waals surface area contributed by atoms with Crippen molar-refractivity contribution in [3.05, 3.63) is 48.3 Å². The highest BCUT2D eigenvalue weighted by Crippen LogP contribution is 2.30. The Bertz CT molecular complexity index is 591. The molecule has 1 aliphatic carbocycles. The third-order valence-corrected chi connectivity index (χ3v) is 3.87. The van der Waals surface area contributed by atoms with E-state index in [0.717, 1.165) is 5.69 Å². The minimum Gasteiger partial charge on any atom is -0.320 e. The molecule has 108 valence electrons. The maximum atomic E-state index is 12.1. The topological polar surface area (TPSA) is 67.8 Å². The minimum absolute atomic E-state index is 0.246. The Kier molecular flexibility index (Phi) is 4.19. The Hall–Kier alpha value is -2.30. The van der Waals surface area contributed by atoms with Crippen molar-refractivity contribution in [3.63, 3.8) is 0 Å². The van der Waals surface area contributed by atoms with Gasteiger partial charge in [0.25, 0.3) is 5.91 Å². The summed E-state index contributed by atoms with van der Waals surface area (Å²) in [5.41, 5.74) is 2.05. The van der Waals surface area contributed by atoms with Crippen LogP contribution in [0.15, 0.2) is 36.9 Å². The molecule has 0 saturated heterocycles. The fourth-order valence-corrected chi connectivity index (χ4v) is 2.69. The van der Waals surface area contributed by atoms with Crippen LogP contribution in [0.25, 0.3) is 0 Å². The van der Waals surface area contributed by atoms with Gasteiger partial charge in [0.1, 0.15) is 5.69 Å². The summed E-state index contributed by atoms with van der Waals surface area (Å²) in [5.74, 6) is 0.257. The molecule has 0 aliphatic heterocycles. The lowest BCUT2D eigenvalue weighted by Gasteiger charge is -2.20. The second kappa shape index (κ2) is 6.43. The molecule has 0 atom stereocenters. The van der Waals surface area contributed by atoms with E-state index in [-0.39, 0.29) is 5.91 Å². The molecule has 2 aromatic rings. The molecule has 3 rings (SSSR count). The van der Waals surface area contributed by atoms with Crippen LogP contribution in [-0.4, -0.2) is 20.9 Å². The van der Waals surface area contributed by atoms with Crippen molar-refractivity contribution in [3.8, 4) is 0 Å². The van der Waals surface area contributed by atoms with Gasteiger partial charge < -0.3 is 5.32 Å². The number of nitrogens with one attached hydrogen (secondary N) is 1. The van der Waals surface area contributed by atoms with Gasteiger partial charge in [-0.3, -0.25) is 14.8 Å². The van der Waals surface area contributed by atoms with Gasteiger partial charge in [0, 0.05) is 30.2 Å². The van der Waals surface area contributed by atoms with Crippen molar-refractivity contribution >= 4 is 11.6 Å². The average Bonchev–Trinajstić information content (AvgIpc) is 2.57. The Balaban J connectivity index is 1.67. The smallest absolute Gasteiger partial charge is 0.275 e. The largest absolute Gasteiger partial charge is 0.320 e. The van der Waals surface area contributed by atoms with Gasteiger partial charge in [-0.25, -0.2) is 4.98 Å². The molecule has 0 unspecified atom stereocenters. The summed E-state index contributed by atoms with van der Waals surface area (Å²) in [5, 5.41) is 2.78. The molecule has 1 N–H and O–H groups in total. The van der Waals surface area contributed by atoms with Crippen LogP contribution >= 0.6 is 0 Å². The number of anilines is 1. The second-order valence-electron chi connectivity index (χ2n) is 5.35. The Labute approximate surface area is 123 Å². The SMILES string of the molecule is O=C(Nc1ccncc1)c1cnc(C2CCCCC2)cn1. The van der Waals surface area contributed by atoms with Crippen molar-refractivity contribution in [2.45, 2.75) is 38.0 Å². The fraction of sp³-hybridized carbons (Fsp3) is 0.375. The van der Waals surface area contributed by atoms with E-state index in [9.17, 15) is 4.79 Å². The van der Waals surface area contributed by atoms with E-state index in [4.69, 9.17) is 0 Å². The number of pyridine rings is 1. The summed E-state index contributed by atoms with van der Waals surface area (Å²) in [6, 6.07) is 3.48. The highest BCUT2D eigenvalue weighted by Gasteiger charge is 2.17. The van der Waals surface area contributed by atoms with Crippen LogP contribution in [0, 0.1) is 0 Å². The first-order valence-corrected chi connectivity index (χ1v) is 7.36. The molecule has 2 heterocycles. The van der Waals surface area contributed by atoms with E-state index in [1.165, 1.54) is 32.1 Å². The molecule has 5 heteroatoms. The third-order valence-electron chi connectivity index (χ3n) is 3.87. The molecule has 21 heavy (non-hydrogen) atoms. The van der Waals surface area contributed by atoms with E-state index in [2.05, 4.69) is 20.3 Å². The van der Waals surface area contributed by atoms with E-state index < -0.39 is 0 Å². The number of hydrogen-bond acceptors (Lipinski definition) is 4. The first kappa shape index (κ1) is 13.7. The van der Waals surface area contributed by atoms with Crippen LogP contribution in [0.4, 0.5) is 5.69 Å². The molecule has 2 aromatic heterocycles. The van der Waals surface area contributed by atoms with Gasteiger partial charge in [0.05, 0.1) is 11.9 Å². The number of carbonyl (C=O) groups is 1. The number of rotatable bonds is 3. The summed E-state index contributed by atoms with van der Waals surface area (Å²) in [6.45, 7) is 0. The third kappa shape index (κ3) is 3.42. The highest BCUT2D eigenvalue weighted by atomic mass is 16.1. The number of carbonyl (C=O) groups excluding carboxylic acids is 1. The Morgan fingerprint density at radius 2 is 1.81 bits per heavy atom. The van der Waals surface area contributed by atoms with Gasteiger partial charge in [-0.2, -0.15) is 0 Å². The zero-order chi connectivity index (χ0) is 14.5. The van der Waals surface area contributed by atoms with Gasteiger partial charge in [-0.15, -0.1) is 0 Å². The first-order valence-electron chi connectivity index (χ1n) is 7.36. The molecule has 0 bridgehead atoms. The summed E-state index contributed by atoms with van der Waals surface area (Å²) < 4.78 is 0. The van der Waals surface area contributed by atoms with Crippen LogP contribution in [0.1, 0.15) is 54.2 Å². The molecule has 1 saturated carbocycles. The Morgan fingerprint density at radius 1 is 1.05 bits per heavy atom. The second-order valence-corrected chi connectivity index (χ2v) is 5.35. The molecule has 1 aliphatic rings. The summed E-state index contributed by atoms with van der Waals surface area (Å²) in [4.78, 5) is 24.7. The quantitative estimate of drug-likeness (QED) is 0.938. The van der Waals surface area contributed by atoms with Gasteiger partial charge in [-0.1, -0.05) is 19.3 Å². The maximum Gasteiger partial charge on any atom is 0.275 e. The average molecular weight is 282 g/mol. The first-order chi connectivity index (χ1) is 10.3. The van der Waals surface area contributed by atoms with Gasteiger partial charge in [0.2, 0.25) is 0 Å². The van der Waals surface area contributed by atoms with E-state index >= 15 is 0 Å².